The van der Waals surface area contributed by atoms with Crippen molar-refractivity contribution in [2.45, 2.75) is 4.75 Å². The zero-order valence-electron chi connectivity index (χ0n) is 8.30. The number of nitrogens with zero attached hydrogens (tertiary/aromatic N) is 1. The van der Waals surface area contributed by atoms with Crippen LogP contribution in [0.5, 0.6) is 0 Å². The van der Waals surface area contributed by atoms with Gasteiger partial charge in [-0.2, -0.15) is 0 Å². The maximum Gasteiger partial charge on any atom is 0.250 e. The molecule has 1 heterocycles. The molecule has 0 saturated carbocycles. The monoisotopic (exact) mass is 305 g/mol. The van der Waals surface area contributed by atoms with Gasteiger partial charge < -0.3 is 0 Å². The molecule has 16 heavy (non-hydrogen) atoms. The Bertz CT molecular complexity index is 563. The molecule has 0 N–H and O–H groups in total. The SMILES string of the molecule is CS(=O)(=O)C1=NSCC1(C(=O)Cl)S(C)(=O)=O. The summed E-state index contributed by atoms with van der Waals surface area (Å²) in [6.07, 6.45) is 1.55. The summed E-state index contributed by atoms with van der Waals surface area (Å²) in [5, 5.41) is -1.93. The van der Waals surface area contributed by atoms with Crippen molar-refractivity contribution >= 4 is 53.5 Å². The minimum absolute atomic E-state index is 0.309. The first-order valence-corrected chi connectivity index (χ1v) is 8.94. The normalized spacial score (nSPS) is 26.6. The van der Waals surface area contributed by atoms with Gasteiger partial charge in [0.05, 0.1) is 5.75 Å². The number of halogens is 1. The third-order valence-electron chi connectivity index (χ3n) is 2.06. The summed E-state index contributed by atoms with van der Waals surface area (Å²) in [4.78, 5) is 11.3. The van der Waals surface area contributed by atoms with Gasteiger partial charge in [0.15, 0.2) is 24.7 Å². The van der Waals surface area contributed by atoms with Gasteiger partial charge >= 0.3 is 0 Å². The summed E-state index contributed by atoms with van der Waals surface area (Å²) in [6.45, 7) is 0. The predicted molar refractivity (Wildman–Crippen MR) is 63.2 cm³/mol. The van der Waals surface area contributed by atoms with E-state index in [2.05, 4.69) is 4.40 Å². The molecular formula is C6H8ClNO5S3. The van der Waals surface area contributed by atoms with Crippen LogP contribution >= 0.6 is 23.5 Å². The molecule has 1 rings (SSSR count). The molecule has 0 fully saturated rings. The average Bonchev–Trinajstić information content (AvgIpc) is 2.44. The largest absolute Gasteiger partial charge is 0.279 e. The van der Waals surface area contributed by atoms with Crippen LogP contribution in [-0.2, 0) is 24.5 Å². The third kappa shape index (κ3) is 2.01. The van der Waals surface area contributed by atoms with Gasteiger partial charge in [0.25, 0.3) is 5.24 Å². The second-order valence-electron chi connectivity index (χ2n) is 3.31. The van der Waals surface area contributed by atoms with Crippen molar-refractivity contribution in [2.24, 2.45) is 4.40 Å². The molecule has 0 radical (unpaired) electrons. The summed E-state index contributed by atoms with van der Waals surface area (Å²) >= 11 is 5.95. The van der Waals surface area contributed by atoms with Crippen molar-refractivity contribution in [3.63, 3.8) is 0 Å². The summed E-state index contributed by atoms with van der Waals surface area (Å²) in [5.41, 5.74) is 0. The Kier molecular flexibility index (Phi) is 3.46. The van der Waals surface area contributed by atoms with Crippen molar-refractivity contribution in [1.29, 1.82) is 0 Å². The lowest BCUT2D eigenvalue weighted by Crippen LogP contribution is -2.53. The molecule has 0 aromatic carbocycles. The summed E-state index contributed by atoms with van der Waals surface area (Å²) in [6, 6.07) is 0. The Morgan fingerprint density at radius 1 is 1.38 bits per heavy atom. The summed E-state index contributed by atoms with van der Waals surface area (Å²) in [7, 11) is -7.90. The highest BCUT2D eigenvalue weighted by Crippen LogP contribution is 2.36. The van der Waals surface area contributed by atoms with Crippen molar-refractivity contribution in [2.75, 3.05) is 18.3 Å². The van der Waals surface area contributed by atoms with E-state index in [4.69, 9.17) is 11.6 Å². The van der Waals surface area contributed by atoms with E-state index in [0.717, 1.165) is 12.5 Å². The minimum Gasteiger partial charge on any atom is -0.279 e. The Morgan fingerprint density at radius 3 is 2.12 bits per heavy atom. The molecule has 1 aliphatic heterocycles. The van der Waals surface area contributed by atoms with Crippen molar-refractivity contribution in [3.05, 3.63) is 0 Å². The molecule has 92 valence electrons. The van der Waals surface area contributed by atoms with Gasteiger partial charge in [0, 0.05) is 12.5 Å². The topological polar surface area (TPSA) is 97.7 Å². The van der Waals surface area contributed by atoms with E-state index >= 15 is 0 Å². The lowest BCUT2D eigenvalue weighted by atomic mass is 10.2. The molecular weight excluding hydrogens is 298 g/mol. The second kappa shape index (κ2) is 3.97. The van der Waals surface area contributed by atoms with Gasteiger partial charge in [0.1, 0.15) is 0 Å². The van der Waals surface area contributed by atoms with Gasteiger partial charge in [-0.3, -0.25) is 4.79 Å². The number of rotatable bonds is 2. The number of hydrogen-bond donors (Lipinski definition) is 0. The Labute approximate surface area is 102 Å². The Morgan fingerprint density at radius 2 is 1.88 bits per heavy atom. The lowest BCUT2D eigenvalue weighted by Gasteiger charge is -2.22. The van der Waals surface area contributed by atoms with Crippen molar-refractivity contribution in [3.8, 4) is 0 Å². The van der Waals surface area contributed by atoms with E-state index in [9.17, 15) is 21.6 Å². The molecule has 10 heteroatoms. The third-order valence-corrected chi connectivity index (χ3v) is 6.73. The van der Waals surface area contributed by atoms with Crippen LogP contribution in [0.2, 0.25) is 0 Å². The zero-order chi connectivity index (χ0) is 12.8. The fraction of sp³-hybridized carbons (Fsp3) is 0.667. The molecule has 0 aliphatic carbocycles. The van der Waals surface area contributed by atoms with Gasteiger partial charge in [-0.25, -0.2) is 21.2 Å². The zero-order valence-corrected chi connectivity index (χ0v) is 11.5. The fourth-order valence-corrected chi connectivity index (χ4v) is 6.93. The van der Waals surface area contributed by atoms with Crippen LogP contribution in [0.15, 0.2) is 4.40 Å². The van der Waals surface area contributed by atoms with Gasteiger partial charge in [-0.05, 0) is 23.5 Å². The molecule has 0 spiro atoms. The number of sulfone groups is 2. The Balaban J connectivity index is 3.61. The van der Waals surface area contributed by atoms with Crippen molar-refractivity contribution in [1.82, 2.24) is 0 Å². The van der Waals surface area contributed by atoms with Crippen LogP contribution in [0.25, 0.3) is 0 Å². The van der Waals surface area contributed by atoms with E-state index in [1.54, 1.807) is 0 Å². The highest BCUT2D eigenvalue weighted by molar-refractivity contribution is 8.12. The highest BCUT2D eigenvalue weighted by atomic mass is 35.5. The molecule has 0 bridgehead atoms. The molecule has 1 atom stereocenters. The van der Waals surface area contributed by atoms with Crippen LogP contribution < -0.4 is 0 Å². The van der Waals surface area contributed by atoms with Crippen LogP contribution in [-0.4, -0.2) is 50.1 Å². The Hall–Kier alpha value is -0.120. The second-order valence-corrected chi connectivity index (χ2v) is 8.56. The van der Waals surface area contributed by atoms with Crippen molar-refractivity contribution < 1.29 is 21.6 Å². The van der Waals surface area contributed by atoms with Gasteiger partial charge in [-0.1, -0.05) is 0 Å². The minimum atomic E-state index is -4.01. The first kappa shape index (κ1) is 13.9. The quantitative estimate of drug-likeness (QED) is 0.510. The van der Waals surface area contributed by atoms with Crippen LogP contribution in [0.1, 0.15) is 0 Å². The smallest absolute Gasteiger partial charge is 0.250 e. The summed E-state index contributed by atoms with van der Waals surface area (Å²) < 4.78 is 47.2. The molecule has 0 aromatic heterocycles. The predicted octanol–water partition coefficient (Wildman–Crippen LogP) is -0.360. The molecule has 1 unspecified atom stereocenters. The number of carbonyl (C=O) groups excluding carboxylic acids is 1. The lowest BCUT2D eigenvalue weighted by molar-refractivity contribution is -0.112. The van der Waals surface area contributed by atoms with Crippen LogP contribution in [0.4, 0.5) is 0 Å². The van der Waals surface area contributed by atoms with E-state index in [1.807, 2.05) is 0 Å². The van der Waals surface area contributed by atoms with Crippen LogP contribution in [0, 0.1) is 0 Å². The standard InChI is InChI=1S/C6H8ClNO5S3/c1-15(10,11)5-6(4(7)9,3-14-8-5)16(2,12)13/h3H2,1-2H3. The van der Waals surface area contributed by atoms with Crippen LogP contribution in [0.3, 0.4) is 0 Å². The maximum atomic E-state index is 11.6. The number of hydrogen-bond acceptors (Lipinski definition) is 7. The average molecular weight is 306 g/mol. The molecule has 6 nitrogen and oxygen atoms in total. The maximum absolute atomic E-state index is 11.6. The van der Waals surface area contributed by atoms with E-state index in [-0.39, 0.29) is 5.75 Å². The van der Waals surface area contributed by atoms with Gasteiger partial charge in [-0.15, -0.1) is 0 Å². The van der Waals surface area contributed by atoms with E-state index < -0.39 is 34.7 Å². The number of carbonyl (C=O) groups is 1. The first-order chi connectivity index (χ1) is 7.03. The van der Waals surface area contributed by atoms with E-state index in [0.29, 0.717) is 11.9 Å². The summed E-state index contributed by atoms with van der Waals surface area (Å²) in [5.74, 6) is -0.309. The molecule has 0 saturated heterocycles. The molecule has 0 amide bonds. The molecule has 1 aliphatic rings. The highest BCUT2D eigenvalue weighted by Gasteiger charge is 2.58. The van der Waals surface area contributed by atoms with E-state index in [1.165, 1.54) is 0 Å². The fourth-order valence-electron chi connectivity index (χ4n) is 1.24. The molecule has 0 aromatic rings. The van der Waals surface area contributed by atoms with Gasteiger partial charge in [0.2, 0.25) is 4.75 Å². The first-order valence-electron chi connectivity index (χ1n) is 3.83.